The number of carbonyl (C=O) groups is 3. The van der Waals surface area contributed by atoms with Crippen molar-refractivity contribution in [1.82, 2.24) is 14.8 Å². The van der Waals surface area contributed by atoms with Crippen LogP contribution in [0, 0.1) is 18.3 Å². The summed E-state index contributed by atoms with van der Waals surface area (Å²) >= 11 is 0. The van der Waals surface area contributed by atoms with Gasteiger partial charge < -0.3 is 14.9 Å². The van der Waals surface area contributed by atoms with Crippen LogP contribution >= 0.6 is 0 Å². The molecule has 2 amide bonds. The lowest BCUT2D eigenvalue weighted by molar-refractivity contribution is -0.148. The number of carbonyl (C=O) groups excluding carboxylic acids is 2. The van der Waals surface area contributed by atoms with Crippen LogP contribution < -0.4 is 0 Å². The van der Waals surface area contributed by atoms with E-state index in [9.17, 15) is 19.5 Å². The molecule has 0 radical (unpaired) electrons. The molecule has 1 spiro atoms. The Labute approximate surface area is 158 Å². The van der Waals surface area contributed by atoms with Crippen LogP contribution in [0.3, 0.4) is 0 Å². The van der Waals surface area contributed by atoms with E-state index in [2.05, 4.69) is 4.98 Å². The maximum atomic E-state index is 12.7. The molecule has 1 aliphatic carbocycles. The van der Waals surface area contributed by atoms with Crippen molar-refractivity contribution in [2.75, 3.05) is 19.6 Å². The number of likely N-dealkylation sites (tertiary alicyclic amines) is 2. The second-order valence-corrected chi connectivity index (χ2v) is 8.28. The molecule has 1 aromatic heterocycles. The molecule has 7 heteroatoms. The summed E-state index contributed by atoms with van der Waals surface area (Å²) in [5.41, 5.74) is 1.27. The van der Waals surface area contributed by atoms with E-state index in [1.807, 2.05) is 17.9 Å². The molecule has 1 atom stereocenters. The maximum Gasteiger partial charge on any atom is 0.326 e. The maximum absolute atomic E-state index is 12.7. The minimum atomic E-state index is -0.912. The van der Waals surface area contributed by atoms with Crippen molar-refractivity contribution < 1.29 is 19.5 Å². The van der Waals surface area contributed by atoms with Crippen LogP contribution in [0.1, 0.15) is 48.2 Å². The SMILES string of the molecule is Cc1ccc(C(=O)N2CCC3(CC2)C[C@H](C(=O)O)N(C(=O)C2CC2)C3)cn1. The van der Waals surface area contributed by atoms with Gasteiger partial charge in [-0.3, -0.25) is 14.6 Å². The Balaban J connectivity index is 1.43. The highest BCUT2D eigenvalue weighted by molar-refractivity contribution is 5.94. The molecule has 7 nitrogen and oxygen atoms in total. The van der Waals surface area contributed by atoms with Gasteiger partial charge >= 0.3 is 5.97 Å². The molecule has 1 N–H and O–H groups in total. The highest BCUT2D eigenvalue weighted by Crippen LogP contribution is 2.45. The average molecular weight is 371 g/mol. The second-order valence-electron chi connectivity index (χ2n) is 8.28. The third-order valence-electron chi connectivity index (χ3n) is 6.27. The third-order valence-corrected chi connectivity index (χ3v) is 6.27. The first kappa shape index (κ1) is 17.9. The first-order valence-corrected chi connectivity index (χ1v) is 9.64. The van der Waals surface area contributed by atoms with E-state index in [-0.39, 0.29) is 23.1 Å². The minimum absolute atomic E-state index is 0.00325. The molecule has 2 saturated heterocycles. The van der Waals surface area contributed by atoms with Crippen LogP contribution in [0.15, 0.2) is 18.3 Å². The number of hydrogen-bond acceptors (Lipinski definition) is 4. The average Bonchev–Trinajstić information content (AvgIpc) is 3.44. The standard InChI is InChI=1S/C20H25N3O4/c1-13-2-3-15(11-21-13)17(24)22-8-6-20(7-9-22)10-16(19(26)27)23(12-20)18(25)14-4-5-14/h2-3,11,14,16H,4-10,12H2,1H3,(H,26,27)/t16-/m1/s1. The van der Waals surface area contributed by atoms with Gasteiger partial charge in [0.15, 0.2) is 0 Å². The second kappa shape index (κ2) is 6.62. The summed E-state index contributed by atoms with van der Waals surface area (Å²) in [6.45, 7) is 3.56. The number of rotatable bonds is 3. The third kappa shape index (κ3) is 3.42. The summed E-state index contributed by atoms with van der Waals surface area (Å²) in [7, 11) is 0. The van der Waals surface area contributed by atoms with Gasteiger partial charge in [-0.15, -0.1) is 0 Å². The van der Waals surface area contributed by atoms with Crippen molar-refractivity contribution in [3.05, 3.63) is 29.6 Å². The smallest absolute Gasteiger partial charge is 0.326 e. The van der Waals surface area contributed by atoms with Gasteiger partial charge in [-0.25, -0.2) is 4.79 Å². The molecule has 4 rings (SSSR count). The largest absolute Gasteiger partial charge is 0.480 e. The molecule has 1 aromatic rings. The lowest BCUT2D eigenvalue weighted by Gasteiger charge is -2.39. The topological polar surface area (TPSA) is 90.8 Å². The summed E-state index contributed by atoms with van der Waals surface area (Å²) in [5, 5.41) is 9.59. The van der Waals surface area contributed by atoms with Gasteiger partial charge in [-0.05, 0) is 56.6 Å². The number of pyridine rings is 1. The van der Waals surface area contributed by atoms with E-state index in [0.29, 0.717) is 31.6 Å². The predicted octanol–water partition coefficient (Wildman–Crippen LogP) is 1.71. The number of carboxylic acids is 1. The van der Waals surface area contributed by atoms with Crippen molar-refractivity contribution in [3.63, 3.8) is 0 Å². The molecule has 3 aliphatic rings. The van der Waals surface area contributed by atoms with Crippen LogP contribution in [0.5, 0.6) is 0 Å². The van der Waals surface area contributed by atoms with E-state index >= 15 is 0 Å². The van der Waals surface area contributed by atoms with Gasteiger partial charge in [-0.2, -0.15) is 0 Å². The molecule has 0 unspecified atom stereocenters. The van der Waals surface area contributed by atoms with Gasteiger partial charge in [0, 0.05) is 37.4 Å². The van der Waals surface area contributed by atoms with Crippen molar-refractivity contribution in [1.29, 1.82) is 0 Å². The van der Waals surface area contributed by atoms with Gasteiger partial charge in [0.05, 0.1) is 5.56 Å². The molecular weight excluding hydrogens is 346 g/mol. The van der Waals surface area contributed by atoms with E-state index in [0.717, 1.165) is 31.4 Å². The lowest BCUT2D eigenvalue weighted by atomic mass is 9.76. The monoisotopic (exact) mass is 371 g/mol. The van der Waals surface area contributed by atoms with E-state index in [1.54, 1.807) is 17.2 Å². The van der Waals surface area contributed by atoms with Gasteiger partial charge in [0.25, 0.3) is 5.91 Å². The van der Waals surface area contributed by atoms with Crippen LogP contribution in [0.4, 0.5) is 0 Å². The first-order chi connectivity index (χ1) is 12.9. The van der Waals surface area contributed by atoms with Gasteiger partial charge in [0.2, 0.25) is 5.91 Å². The highest BCUT2D eigenvalue weighted by atomic mass is 16.4. The molecule has 0 bridgehead atoms. The van der Waals surface area contributed by atoms with E-state index in [1.165, 1.54) is 0 Å². The molecule has 3 fully saturated rings. The van der Waals surface area contributed by atoms with Gasteiger partial charge in [0.1, 0.15) is 6.04 Å². The summed E-state index contributed by atoms with van der Waals surface area (Å²) in [6, 6.07) is 2.90. The number of hydrogen-bond donors (Lipinski definition) is 1. The summed E-state index contributed by atoms with van der Waals surface area (Å²) < 4.78 is 0. The Bertz CT molecular complexity index is 764. The minimum Gasteiger partial charge on any atom is -0.480 e. The molecule has 27 heavy (non-hydrogen) atoms. The molecule has 0 aromatic carbocycles. The highest BCUT2D eigenvalue weighted by Gasteiger charge is 2.52. The van der Waals surface area contributed by atoms with E-state index in [4.69, 9.17) is 0 Å². The number of piperidine rings is 1. The summed E-state index contributed by atoms with van der Waals surface area (Å²) in [5.74, 6) is -0.914. The zero-order valence-corrected chi connectivity index (χ0v) is 15.6. The predicted molar refractivity (Wildman–Crippen MR) is 97.0 cm³/mol. The fourth-order valence-corrected chi connectivity index (χ4v) is 4.40. The van der Waals surface area contributed by atoms with Crippen molar-refractivity contribution in [2.24, 2.45) is 11.3 Å². The Morgan fingerprint density at radius 2 is 1.89 bits per heavy atom. The molecule has 1 saturated carbocycles. The van der Waals surface area contributed by atoms with Gasteiger partial charge in [-0.1, -0.05) is 0 Å². The first-order valence-electron chi connectivity index (χ1n) is 9.64. The van der Waals surface area contributed by atoms with Crippen molar-refractivity contribution in [3.8, 4) is 0 Å². The zero-order chi connectivity index (χ0) is 19.2. The quantitative estimate of drug-likeness (QED) is 0.873. The fourth-order valence-electron chi connectivity index (χ4n) is 4.40. The Kier molecular flexibility index (Phi) is 4.40. The fraction of sp³-hybridized carbons (Fsp3) is 0.600. The number of nitrogens with zero attached hydrogens (tertiary/aromatic N) is 3. The number of aromatic nitrogens is 1. The number of carboxylic acid groups (broad SMARTS) is 1. The van der Waals surface area contributed by atoms with Crippen molar-refractivity contribution >= 4 is 17.8 Å². The Morgan fingerprint density at radius 1 is 1.19 bits per heavy atom. The zero-order valence-electron chi connectivity index (χ0n) is 15.6. The normalized spacial score (nSPS) is 24.3. The Hall–Kier alpha value is -2.44. The van der Waals surface area contributed by atoms with Crippen LogP contribution in [-0.2, 0) is 9.59 Å². The molecule has 3 heterocycles. The number of aliphatic carboxylic acids is 1. The lowest BCUT2D eigenvalue weighted by Crippen LogP contribution is -2.45. The van der Waals surface area contributed by atoms with Crippen LogP contribution in [-0.4, -0.2) is 63.4 Å². The summed E-state index contributed by atoms with van der Waals surface area (Å²) in [4.78, 5) is 44.5. The van der Waals surface area contributed by atoms with Crippen molar-refractivity contribution in [2.45, 2.75) is 45.1 Å². The summed E-state index contributed by atoms with van der Waals surface area (Å²) in [6.07, 6.45) is 5.32. The van der Waals surface area contributed by atoms with E-state index < -0.39 is 12.0 Å². The molecule has 2 aliphatic heterocycles. The van der Waals surface area contributed by atoms with Crippen LogP contribution in [0.25, 0.3) is 0 Å². The number of amides is 2. The number of aryl methyl sites for hydroxylation is 1. The Morgan fingerprint density at radius 3 is 2.44 bits per heavy atom. The molecular formula is C20H25N3O4. The molecule has 144 valence electrons. The van der Waals surface area contributed by atoms with Crippen LogP contribution in [0.2, 0.25) is 0 Å².